The topological polar surface area (TPSA) is 176 Å². The van der Waals surface area contributed by atoms with Gasteiger partial charge in [-0.05, 0) is 0 Å². The molecule has 78 valence electrons. The molecule has 6 N–H and O–H groups in total. The molecule has 0 spiro atoms. The predicted octanol–water partition coefficient (Wildman–Crippen LogP) is -10.5. The smallest absolute Gasteiger partial charge is 0.790 e. The Kier molecular flexibility index (Phi) is 31.7. The van der Waals surface area contributed by atoms with Crippen LogP contribution in [0.25, 0.3) is 0 Å². The molecule has 0 fully saturated rings. The molecule has 0 radical (unpaired) electrons. The Hall–Kier alpha value is 1.95. The molecule has 0 aromatic carbocycles. The van der Waals surface area contributed by atoms with Crippen LogP contribution in [0.5, 0.6) is 0 Å². The fraction of sp³-hybridized carbons (Fsp3) is 1.00. The van der Waals surface area contributed by atoms with Gasteiger partial charge in [-0.2, -0.15) is 0 Å². The largest absolute Gasteiger partial charge is 1.00 e. The van der Waals surface area contributed by atoms with E-state index in [0.717, 1.165) is 0 Å². The zero-order valence-electron chi connectivity index (χ0n) is 7.97. The van der Waals surface area contributed by atoms with E-state index >= 15 is 0 Å². The summed E-state index contributed by atoms with van der Waals surface area (Å²) in [5.74, 6) is 0. The first kappa shape index (κ1) is 29.7. The molecule has 14 heavy (non-hydrogen) atoms. The molecular weight excluding hydrogens is 241 g/mol. The molecule has 0 saturated carbocycles. The molecule has 0 aliphatic heterocycles. The summed E-state index contributed by atoms with van der Waals surface area (Å²) in [7, 11) is -5.00. The molecule has 0 aliphatic rings. The van der Waals surface area contributed by atoms with Crippen molar-refractivity contribution in [2.75, 3.05) is 13.2 Å². The molecule has 1 unspecified atom stereocenters. The maximum absolute atomic E-state index is 9.71. The fourth-order valence-corrected chi connectivity index (χ4v) is 0.585. The molecule has 0 rings (SSSR count). The van der Waals surface area contributed by atoms with Crippen LogP contribution >= 0.6 is 7.82 Å². The minimum atomic E-state index is -5.00. The number of aliphatic hydroxyl groups excluding tert-OH is 2. The van der Waals surface area contributed by atoms with E-state index in [4.69, 9.17) is 10.2 Å². The van der Waals surface area contributed by atoms with Gasteiger partial charge in [0.25, 0.3) is 0 Å². The molecule has 0 aliphatic carbocycles. The Balaban J connectivity index is -0.0000000675. The van der Waals surface area contributed by atoms with Crippen molar-refractivity contribution in [3.63, 3.8) is 0 Å². The third-order valence-corrected chi connectivity index (χ3v) is 1.10. The summed E-state index contributed by atoms with van der Waals surface area (Å²) in [5.41, 5.74) is 0. The van der Waals surface area contributed by atoms with Crippen LogP contribution in [0, 0.1) is 0 Å². The second-order valence-electron chi connectivity index (χ2n) is 1.58. The first-order chi connectivity index (χ1) is 4.45. The van der Waals surface area contributed by atoms with Gasteiger partial charge in [-0.15, -0.1) is 0 Å². The van der Waals surface area contributed by atoms with Crippen molar-refractivity contribution < 1.29 is 99.2 Å². The second-order valence-corrected chi connectivity index (χ2v) is 2.73. The van der Waals surface area contributed by atoms with Crippen molar-refractivity contribution in [2.45, 2.75) is 6.10 Å². The molecule has 0 heterocycles. The Morgan fingerprint density at radius 3 is 1.86 bits per heavy atom. The van der Waals surface area contributed by atoms with Gasteiger partial charge in [0.2, 0.25) is 0 Å². The van der Waals surface area contributed by atoms with Gasteiger partial charge in [-0.25, -0.2) is 0 Å². The fourth-order valence-electron chi connectivity index (χ4n) is 0.230. The summed E-state index contributed by atoms with van der Waals surface area (Å²) in [4.78, 5) is 19.4. The summed E-state index contributed by atoms with van der Waals surface area (Å²) >= 11 is 0. The van der Waals surface area contributed by atoms with E-state index in [2.05, 4.69) is 4.52 Å². The zero-order valence-corrected chi connectivity index (χ0v) is 12.9. The minimum absolute atomic E-state index is 0. The van der Waals surface area contributed by atoms with E-state index in [1.807, 2.05) is 0 Å². The van der Waals surface area contributed by atoms with E-state index in [1.54, 1.807) is 0 Å². The predicted molar refractivity (Wildman–Crippen MR) is 33.9 cm³/mol. The second kappa shape index (κ2) is 14.9. The summed E-state index contributed by atoms with van der Waals surface area (Å²) < 4.78 is 13.3. The normalized spacial score (nSPS) is 10.9. The quantitative estimate of drug-likeness (QED) is 0.370. The Morgan fingerprint density at radius 1 is 1.29 bits per heavy atom. The summed E-state index contributed by atoms with van der Waals surface area (Å²) in [6.45, 7) is -1.33. The molecule has 8 nitrogen and oxygen atoms in total. The van der Waals surface area contributed by atoms with Crippen molar-refractivity contribution in [2.24, 2.45) is 0 Å². The third kappa shape index (κ3) is 23.6. The zero-order chi connectivity index (χ0) is 8.20. The van der Waals surface area contributed by atoms with E-state index in [-0.39, 0.29) is 70.1 Å². The van der Waals surface area contributed by atoms with Crippen LogP contribution < -0.4 is 68.9 Å². The van der Waals surface area contributed by atoms with E-state index in [0.29, 0.717) is 0 Å². The first-order valence-electron chi connectivity index (χ1n) is 2.41. The molecule has 0 aromatic heterocycles. The first-order valence-corrected chi connectivity index (χ1v) is 3.87. The van der Waals surface area contributed by atoms with Crippen LogP contribution in [-0.4, -0.2) is 40.5 Å². The molecule has 1 atom stereocenters. The minimum Gasteiger partial charge on any atom is -0.790 e. The average Bonchev–Trinajstić information content (AvgIpc) is 1.81. The van der Waals surface area contributed by atoms with Crippen molar-refractivity contribution in [3.05, 3.63) is 0 Å². The van der Waals surface area contributed by atoms with Crippen LogP contribution in [0.2, 0.25) is 0 Å². The molecule has 0 aromatic rings. The molecular formula is C3H11Na2O8P. The Morgan fingerprint density at radius 2 is 1.64 bits per heavy atom. The van der Waals surface area contributed by atoms with Crippen molar-refractivity contribution in [1.82, 2.24) is 0 Å². The van der Waals surface area contributed by atoms with Crippen LogP contribution in [0.4, 0.5) is 0 Å². The summed E-state index contributed by atoms with van der Waals surface area (Å²) in [6, 6.07) is 0. The maximum Gasteiger partial charge on any atom is 1.00 e. The summed E-state index contributed by atoms with van der Waals surface area (Å²) in [6.07, 6.45) is -1.32. The molecule has 0 bridgehead atoms. The van der Waals surface area contributed by atoms with E-state index in [1.165, 1.54) is 0 Å². The summed E-state index contributed by atoms with van der Waals surface area (Å²) in [5, 5.41) is 16.6. The Labute approximate surface area is 125 Å². The van der Waals surface area contributed by atoms with E-state index in [9.17, 15) is 14.4 Å². The van der Waals surface area contributed by atoms with E-state index < -0.39 is 27.1 Å². The van der Waals surface area contributed by atoms with Crippen molar-refractivity contribution >= 4 is 7.82 Å². The number of hydrogen-bond donors (Lipinski definition) is 2. The number of aliphatic hydroxyl groups is 2. The van der Waals surface area contributed by atoms with Crippen LogP contribution in [0.1, 0.15) is 0 Å². The number of phosphoric acid groups is 1. The van der Waals surface area contributed by atoms with Gasteiger partial charge in [0.15, 0.2) is 0 Å². The van der Waals surface area contributed by atoms with Crippen molar-refractivity contribution in [1.29, 1.82) is 0 Å². The van der Waals surface area contributed by atoms with Gasteiger partial charge < -0.3 is 40.0 Å². The third-order valence-electron chi connectivity index (χ3n) is 0.636. The number of phosphoric ester groups is 1. The van der Waals surface area contributed by atoms with Gasteiger partial charge >= 0.3 is 59.1 Å². The standard InChI is InChI=1S/C3H9O6P.2Na.2H2O/c4-1-3(5)2-9-10(6,7)8;;;;/h3-5H,1-2H2,(H2,6,7,8);;;2*1H2/q;2*+1;;/p-2. The molecule has 0 amide bonds. The molecule has 0 saturated heterocycles. The Bertz CT molecular complexity index is 139. The van der Waals surface area contributed by atoms with Gasteiger partial charge in [0.05, 0.1) is 21.0 Å². The monoisotopic (exact) mass is 252 g/mol. The van der Waals surface area contributed by atoms with Gasteiger partial charge in [0, 0.05) is 0 Å². The van der Waals surface area contributed by atoms with Gasteiger partial charge in [-0.3, -0.25) is 0 Å². The van der Waals surface area contributed by atoms with Crippen molar-refractivity contribution in [3.8, 4) is 0 Å². The van der Waals surface area contributed by atoms with Crippen LogP contribution in [-0.2, 0) is 9.09 Å². The van der Waals surface area contributed by atoms with Crippen LogP contribution in [0.3, 0.4) is 0 Å². The SMILES string of the molecule is O.O.O=P([O-])([O-])OCC(O)CO.[Na+].[Na+]. The number of hydrogen-bond acceptors (Lipinski definition) is 6. The number of rotatable bonds is 4. The van der Waals surface area contributed by atoms with Crippen LogP contribution in [0.15, 0.2) is 0 Å². The maximum atomic E-state index is 9.71. The van der Waals surface area contributed by atoms with Gasteiger partial charge in [0.1, 0.15) is 6.10 Å². The average molecular weight is 252 g/mol. The van der Waals surface area contributed by atoms with Gasteiger partial charge in [-0.1, -0.05) is 0 Å². The molecule has 11 heteroatoms.